The third-order valence-corrected chi connectivity index (χ3v) is 8.70. The van der Waals surface area contributed by atoms with Gasteiger partial charge in [-0.1, -0.05) is 32.0 Å². The van der Waals surface area contributed by atoms with E-state index in [4.69, 9.17) is 4.74 Å². The molecule has 0 saturated heterocycles. The molecule has 0 radical (unpaired) electrons. The topological polar surface area (TPSA) is 75.7 Å². The highest BCUT2D eigenvalue weighted by Gasteiger charge is 2.40. The van der Waals surface area contributed by atoms with Crippen molar-refractivity contribution in [3.63, 3.8) is 0 Å². The van der Waals surface area contributed by atoms with E-state index in [1.807, 2.05) is 29.2 Å². The summed E-state index contributed by atoms with van der Waals surface area (Å²) in [6, 6.07) is 12.5. The van der Waals surface area contributed by atoms with Gasteiger partial charge in [0.15, 0.2) is 0 Å². The molecule has 6 nitrogen and oxygen atoms in total. The minimum atomic E-state index is -3.74. The van der Waals surface area contributed by atoms with Crippen LogP contribution >= 0.6 is 0 Å². The van der Waals surface area contributed by atoms with Crippen LogP contribution in [0.3, 0.4) is 0 Å². The quantitative estimate of drug-likeness (QED) is 0.704. The number of hydrogen-bond donors (Lipinski definition) is 1. The molecule has 1 amide bonds. The monoisotopic (exact) mass is 454 g/mol. The standard InChI is InChI=1S/C25H30N2O4S/c1-3-25(4-2)16-21(20-7-5-6-8-23(20)31-25)26-32(29,30)19-11-12-22-18(15-19)13-14-27(22)24(28)17-9-10-17/h5-8,11-12,15,17,21,26H,3-4,9-10,13-14,16H2,1-2H3/t21-/m1/s1. The number of fused-ring (bicyclic) bond motifs is 2. The number of carbonyl (C=O) groups excluding carboxylic acids is 1. The number of rotatable bonds is 6. The number of amides is 1. The fourth-order valence-electron chi connectivity index (χ4n) is 4.99. The van der Waals surface area contributed by atoms with Crippen LogP contribution in [0.2, 0.25) is 0 Å². The number of anilines is 1. The molecule has 1 saturated carbocycles. The molecule has 7 heteroatoms. The summed E-state index contributed by atoms with van der Waals surface area (Å²) < 4.78 is 36.1. The maximum Gasteiger partial charge on any atom is 0.241 e. The van der Waals surface area contributed by atoms with Crippen LogP contribution in [0.4, 0.5) is 5.69 Å². The van der Waals surface area contributed by atoms with E-state index in [1.54, 1.807) is 18.2 Å². The van der Waals surface area contributed by atoms with Crippen LogP contribution in [0.5, 0.6) is 5.75 Å². The number of ether oxygens (including phenoxy) is 1. The summed E-state index contributed by atoms with van der Waals surface area (Å²) in [7, 11) is -3.74. The number of benzene rings is 2. The van der Waals surface area contributed by atoms with E-state index in [1.165, 1.54) is 0 Å². The number of para-hydroxylation sites is 1. The van der Waals surface area contributed by atoms with Gasteiger partial charge in [0.25, 0.3) is 0 Å². The van der Waals surface area contributed by atoms with Crippen LogP contribution in [0.25, 0.3) is 0 Å². The lowest BCUT2D eigenvalue weighted by Crippen LogP contribution is -2.44. The maximum atomic E-state index is 13.4. The Morgan fingerprint density at radius 3 is 2.62 bits per heavy atom. The normalized spacial score (nSPS) is 21.6. The third-order valence-electron chi connectivity index (χ3n) is 7.23. The molecule has 2 aromatic carbocycles. The molecule has 1 aliphatic carbocycles. The highest BCUT2D eigenvalue weighted by Crippen LogP contribution is 2.43. The van der Waals surface area contributed by atoms with Crippen LogP contribution in [0, 0.1) is 5.92 Å². The molecule has 1 N–H and O–H groups in total. The van der Waals surface area contributed by atoms with Crippen molar-refractivity contribution in [2.24, 2.45) is 5.92 Å². The maximum absolute atomic E-state index is 13.4. The molecule has 0 aromatic heterocycles. The van der Waals surface area contributed by atoms with Crippen molar-refractivity contribution in [3.05, 3.63) is 53.6 Å². The Morgan fingerprint density at radius 2 is 1.91 bits per heavy atom. The Labute approximate surface area is 190 Å². The van der Waals surface area contributed by atoms with Gasteiger partial charge in [0.05, 0.1) is 10.9 Å². The molecular formula is C25H30N2O4S. The summed E-state index contributed by atoms with van der Waals surface area (Å²) in [5.74, 6) is 1.07. The first kappa shape index (κ1) is 21.5. The summed E-state index contributed by atoms with van der Waals surface area (Å²) in [6.45, 7) is 4.79. The molecule has 0 spiro atoms. The van der Waals surface area contributed by atoms with Gasteiger partial charge in [-0.25, -0.2) is 13.1 Å². The van der Waals surface area contributed by atoms with Crippen molar-refractivity contribution in [1.82, 2.24) is 4.72 Å². The van der Waals surface area contributed by atoms with Gasteiger partial charge < -0.3 is 9.64 Å². The van der Waals surface area contributed by atoms with Crippen molar-refractivity contribution in [1.29, 1.82) is 0 Å². The van der Waals surface area contributed by atoms with Crippen molar-refractivity contribution in [2.45, 2.75) is 68.9 Å². The number of hydrogen-bond acceptors (Lipinski definition) is 4. The van der Waals surface area contributed by atoms with E-state index < -0.39 is 10.0 Å². The van der Waals surface area contributed by atoms with Gasteiger partial charge in [0.1, 0.15) is 11.4 Å². The van der Waals surface area contributed by atoms with Gasteiger partial charge >= 0.3 is 0 Å². The second-order valence-corrected chi connectivity index (χ2v) is 10.9. The Hall–Kier alpha value is -2.38. The van der Waals surface area contributed by atoms with Gasteiger partial charge in [-0.2, -0.15) is 0 Å². The second kappa shape index (κ2) is 7.89. The van der Waals surface area contributed by atoms with E-state index >= 15 is 0 Å². The fourth-order valence-corrected chi connectivity index (χ4v) is 6.25. The lowest BCUT2D eigenvalue weighted by Gasteiger charge is -2.41. The zero-order valence-corrected chi connectivity index (χ0v) is 19.5. The number of nitrogens with zero attached hydrogens (tertiary/aromatic N) is 1. The molecule has 170 valence electrons. The van der Waals surface area contributed by atoms with Gasteiger partial charge in [-0.05, 0) is 61.9 Å². The van der Waals surface area contributed by atoms with E-state index in [0.717, 1.165) is 48.2 Å². The lowest BCUT2D eigenvalue weighted by molar-refractivity contribution is -0.119. The summed E-state index contributed by atoms with van der Waals surface area (Å²) in [4.78, 5) is 14.6. The molecule has 0 unspecified atom stereocenters. The largest absolute Gasteiger partial charge is 0.487 e. The Kier molecular flexibility index (Phi) is 5.29. The highest BCUT2D eigenvalue weighted by atomic mass is 32.2. The zero-order chi connectivity index (χ0) is 22.5. The summed E-state index contributed by atoms with van der Waals surface area (Å²) >= 11 is 0. The molecule has 1 fully saturated rings. The van der Waals surface area contributed by atoms with Crippen LogP contribution in [0.15, 0.2) is 47.4 Å². The summed E-state index contributed by atoms with van der Waals surface area (Å²) in [5, 5.41) is 0. The first-order chi connectivity index (χ1) is 15.4. The summed E-state index contributed by atoms with van der Waals surface area (Å²) in [5.41, 5.74) is 2.26. The Bertz CT molecular complexity index is 1150. The molecule has 3 aliphatic rings. The molecule has 32 heavy (non-hydrogen) atoms. The molecule has 1 atom stereocenters. The van der Waals surface area contributed by atoms with E-state index in [9.17, 15) is 13.2 Å². The van der Waals surface area contributed by atoms with Crippen LogP contribution in [0.1, 0.15) is 63.1 Å². The van der Waals surface area contributed by atoms with Crippen molar-refractivity contribution in [3.8, 4) is 5.75 Å². The fraction of sp³-hybridized carbons (Fsp3) is 0.480. The highest BCUT2D eigenvalue weighted by molar-refractivity contribution is 7.89. The molecule has 0 bridgehead atoms. The van der Waals surface area contributed by atoms with Crippen LogP contribution < -0.4 is 14.4 Å². The van der Waals surface area contributed by atoms with Crippen molar-refractivity contribution < 1.29 is 17.9 Å². The van der Waals surface area contributed by atoms with Crippen LogP contribution in [-0.2, 0) is 21.2 Å². The van der Waals surface area contributed by atoms with E-state index in [2.05, 4.69) is 18.6 Å². The smallest absolute Gasteiger partial charge is 0.241 e. The van der Waals surface area contributed by atoms with Gasteiger partial charge in [0.2, 0.25) is 15.9 Å². The van der Waals surface area contributed by atoms with Gasteiger partial charge in [0, 0.05) is 30.1 Å². The Morgan fingerprint density at radius 1 is 1.16 bits per heavy atom. The molecule has 2 aliphatic heterocycles. The average Bonchev–Trinajstić information content (AvgIpc) is 3.57. The SMILES string of the molecule is CCC1(CC)C[C@@H](NS(=O)(=O)c2ccc3c(c2)CCN3C(=O)C2CC2)c2ccccc2O1. The predicted octanol–water partition coefficient (Wildman–Crippen LogP) is 4.35. The molecule has 2 heterocycles. The van der Waals surface area contributed by atoms with Crippen molar-refractivity contribution >= 4 is 21.6 Å². The molecule has 2 aromatic rings. The minimum Gasteiger partial charge on any atom is -0.487 e. The lowest BCUT2D eigenvalue weighted by atomic mass is 9.84. The Balaban J connectivity index is 1.43. The number of sulfonamides is 1. The van der Waals surface area contributed by atoms with E-state index in [-0.39, 0.29) is 28.4 Å². The zero-order valence-electron chi connectivity index (χ0n) is 18.6. The van der Waals surface area contributed by atoms with Crippen LogP contribution in [-0.4, -0.2) is 26.5 Å². The summed E-state index contributed by atoms with van der Waals surface area (Å²) in [6.07, 6.45) is 4.81. The molecule has 5 rings (SSSR count). The van der Waals surface area contributed by atoms with Crippen molar-refractivity contribution in [2.75, 3.05) is 11.4 Å². The van der Waals surface area contributed by atoms with E-state index in [0.29, 0.717) is 19.4 Å². The number of nitrogens with one attached hydrogen (secondary N) is 1. The predicted molar refractivity (Wildman–Crippen MR) is 123 cm³/mol. The first-order valence-corrected chi connectivity index (χ1v) is 13.1. The van der Waals surface area contributed by atoms with Gasteiger partial charge in [-0.3, -0.25) is 4.79 Å². The first-order valence-electron chi connectivity index (χ1n) is 11.6. The third kappa shape index (κ3) is 3.71. The van der Waals surface area contributed by atoms with Gasteiger partial charge in [-0.15, -0.1) is 0 Å². The average molecular weight is 455 g/mol. The number of carbonyl (C=O) groups is 1. The molecular weight excluding hydrogens is 424 g/mol. The second-order valence-electron chi connectivity index (χ2n) is 9.21. The minimum absolute atomic E-state index is 0.150.